The minimum Gasteiger partial charge on any atom is -0.327 e. The number of carbonyl (C=O) groups is 1. The summed E-state index contributed by atoms with van der Waals surface area (Å²) in [6.07, 6.45) is 2.64. The molecule has 0 saturated heterocycles. The van der Waals surface area contributed by atoms with Crippen molar-refractivity contribution in [2.45, 2.75) is 32.2 Å². The zero-order valence-electron chi connectivity index (χ0n) is 9.37. The molecule has 0 heterocycles. The van der Waals surface area contributed by atoms with Crippen molar-refractivity contribution in [1.29, 1.82) is 0 Å². The molecule has 1 aliphatic carbocycles. The summed E-state index contributed by atoms with van der Waals surface area (Å²) >= 11 is 0. The third-order valence-electron chi connectivity index (χ3n) is 3.13. The van der Waals surface area contributed by atoms with Crippen LogP contribution in [-0.2, 0) is 0 Å². The zero-order chi connectivity index (χ0) is 11.7. The molecule has 0 spiro atoms. The van der Waals surface area contributed by atoms with E-state index in [1.54, 1.807) is 13.0 Å². The smallest absolute Gasteiger partial charge is 0.164 e. The first-order valence-electron chi connectivity index (χ1n) is 5.63. The second kappa shape index (κ2) is 4.34. The number of hydrogen-bond donors (Lipinski definition) is 1. The summed E-state index contributed by atoms with van der Waals surface area (Å²) in [6.45, 7) is 1.66. The van der Waals surface area contributed by atoms with Crippen LogP contribution in [0, 0.1) is 18.7 Å². The lowest BCUT2D eigenvalue weighted by atomic mass is 10.00. The monoisotopic (exact) mass is 221 g/mol. The summed E-state index contributed by atoms with van der Waals surface area (Å²) in [5.41, 5.74) is 6.96. The van der Waals surface area contributed by atoms with Gasteiger partial charge < -0.3 is 5.73 Å². The highest BCUT2D eigenvalue weighted by molar-refractivity contribution is 5.96. The molecule has 0 radical (unpaired) electrons. The molecule has 1 atom stereocenters. The van der Waals surface area contributed by atoms with Crippen molar-refractivity contribution in [1.82, 2.24) is 0 Å². The zero-order valence-corrected chi connectivity index (χ0v) is 9.37. The fourth-order valence-electron chi connectivity index (χ4n) is 1.84. The molecule has 1 unspecified atom stereocenters. The topological polar surface area (TPSA) is 43.1 Å². The molecular formula is C13H16FNO. The van der Waals surface area contributed by atoms with Gasteiger partial charge in [0.2, 0.25) is 0 Å². The third kappa shape index (κ3) is 2.47. The minimum absolute atomic E-state index is 0.0162. The van der Waals surface area contributed by atoms with Crippen molar-refractivity contribution < 1.29 is 9.18 Å². The van der Waals surface area contributed by atoms with Gasteiger partial charge in [-0.2, -0.15) is 0 Å². The lowest BCUT2D eigenvalue weighted by Gasteiger charge is -2.09. The Balaban J connectivity index is 2.05. The van der Waals surface area contributed by atoms with Crippen molar-refractivity contribution in [2.24, 2.45) is 11.7 Å². The average Bonchev–Trinajstić information content (AvgIpc) is 3.05. The lowest BCUT2D eigenvalue weighted by Crippen LogP contribution is -2.26. The maximum absolute atomic E-state index is 13.0. The molecule has 86 valence electrons. The van der Waals surface area contributed by atoms with Gasteiger partial charge in [0, 0.05) is 18.0 Å². The summed E-state index contributed by atoms with van der Waals surface area (Å²) in [5.74, 6) is 0.260. The van der Waals surface area contributed by atoms with Crippen LogP contribution in [0.3, 0.4) is 0 Å². The van der Waals surface area contributed by atoms with E-state index in [9.17, 15) is 9.18 Å². The Bertz CT molecular complexity index is 412. The molecule has 2 N–H and O–H groups in total. The van der Waals surface area contributed by atoms with Crippen LogP contribution in [0.1, 0.15) is 35.2 Å². The van der Waals surface area contributed by atoms with Crippen LogP contribution in [0.4, 0.5) is 4.39 Å². The first-order chi connectivity index (χ1) is 7.58. The first-order valence-corrected chi connectivity index (χ1v) is 5.63. The molecule has 1 saturated carbocycles. The molecule has 1 aliphatic rings. The maximum Gasteiger partial charge on any atom is 0.164 e. The van der Waals surface area contributed by atoms with Gasteiger partial charge in [0.15, 0.2) is 5.78 Å². The predicted octanol–water partition coefficient (Wildman–Crippen LogP) is 2.44. The molecule has 3 heteroatoms. The Labute approximate surface area is 94.6 Å². The molecule has 2 nitrogen and oxygen atoms in total. The quantitative estimate of drug-likeness (QED) is 0.793. The Hall–Kier alpha value is -1.22. The summed E-state index contributed by atoms with van der Waals surface area (Å²) in [7, 11) is 0. The number of ketones is 1. The van der Waals surface area contributed by atoms with E-state index in [4.69, 9.17) is 5.73 Å². The number of nitrogens with two attached hydrogens (primary N) is 1. The number of aryl methyl sites for hydroxylation is 1. The van der Waals surface area contributed by atoms with Crippen LogP contribution in [0.5, 0.6) is 0 Å². The molecule has 1 fully saturated rings. The van der Waals surface area contributed by atoms with Gasteiger partial charge in [0.05, 0.1) is 0 Å². The van der Waals surface area contributed by atoms with E-state index in [1.807, 2.05) is 0 Å². The van der Waals surface area contributed by atoms with Crippen LogP contribution < -0.4 is 5.73 Å². The Morgan fingerprint density at radius 1 is 1.56 bits per heavy atom. The highest BCUT2D eigenvalue weighted by atomic mass is 19.1. The van der Waals surface area contributed by atoms with Crippen molar-refractivity contribution in [3.63, 3.8) is 0 Å². The summed E-state index contributed by atoms with van der Waals surface area (Å²) in [6, 6.07) is 4.44. The summed E-state index contributed by atoms with van der Waals surface area (Å²) in [5, 5.41) is 0. The van der Waals surface area contributed by atoms with E-state index in [-0.39, 0.29) is 17.6 Å². The Kier molecular flexibility index (Phi) is 3.06. The maximum atomic E-state index is 13.0. The second-order valence-electron chi connectivity index (χ2n) is 4.59. The number of benzene rings is 1. The van der Waals surface area contributed by atoms with Gasteiger partial charge in [-0.1, -0.05) is 0 Å². The van der Waals surface area contributed by atoms with E-state index < -0.39 is 0 Å². The van der Waals surface area contributed by atoms with Crippen LogP contribution in [0.25, 0.3) is 0 Å². The van der Waals surface area contributed by atoms with Crippen molar-refractivity contribution in [3.05, 3.63) is 35.1 Å². The van der Waals surface area contributed by atoms with Crippen molar-refractivity contribution >= 4 is 5.78 Å². The van der Waals surface area contributed by atoms with Crippen molar-refractivity contribution in [3.8, 4) is 0 Å². The number of halogens is 1. The third-order valence-corrected chi connectivity index (χ3v) is 3.13. The predicted molar refractivity (Wildman–Crippen MR) is 60.8 cm³/mol. The molecule has 0 aliphatic heterocycles. The molecule has 0 amide bonds. The molecule has 1 aromatic carbocycles. The Morgan fingerprint density at radius 3 is 2.81 bits per heavy atom. The normalized spacial score (nSPS) is 17.2. The SMILES string of the molecule is Cc1cc(C(=O)CC(N)C2CC2)ccc1F. The number of hydrogen-bond acceptors (Lipinski definition) is 2. The molecule has 0 bridgehead atoms. The molecule has 16 heavy (non-hydrogen) atoms. The van der Waals surface area contributed by atoms with E-state index in [2.05, 4.69) is 0 Å². The van der Waals surface area contributed by atoms with Gasteiger partial charge in [0.25, 0.3) is 0 Å². The van der Waals surface area contributed by atoms with Gasteiger partial charge in [0.1, 0.15) is 5.82 Å². The molecule has 1 aromatic rings. The van der Waals surface area contributed by atoms with Gasteiger partial charge in [-0.05, 0) is 49.4 Å². The molecule has 0 aromatic heterocycles. The highest BCUT2D eigenvalue weighted by Crippen LogP contribution is 2.33. The van der Waals surface area contributed by atoms with Gasteiger partial charge in [-0.25, -0.2) is 4.39 Å². The van der Waals surface area contributed by atoms with E-state index in [1.165, 1.54) is 12.1 Å². The average molecular weight is 221 g/mol. The van der Waals surface area contributed by atoms with Gasteiger partial charge >= 0.3 is 0 Å². The standard InChI is InChI=1S/C13H16FNO/c1-8-6-10(4-5-11(8)14)13(16)7-12(15)9-2-3-9/h4-6,9,12H,2-3,7,15H2,1H3. The van der Waals surface area contributed by atoms with Crippen molar-refractivity contribution in [2.75, 3.05) is 0 Å². The second-order valence-corrected chi connectivity index (χ2v) is 4.59. The fourth-order valence-corrected chi connectivity index (χ4v) is 1.84. The number of rotatable bonds is 4. The van der Waals surface area contributed by atoms with E-state index in [0.717, 1.165) is 12.8 Å². The van der Waals surface area contributed by atoms with Gasteiger partial charge in [-0.15, -0.1) is 0 Å². The van der Waals surface area contributed by atoms with Crippen LogP contribution in [0.2, 0.25) is 0 Å². The van der Waals surface area contributed by atoms with Crippen LogP contribution in [-0.4, -0.2) is 11.8 Å². The number of Topliss-reactive ketones (excluding diaryl/α,β-unsaturated/α-hetero) is 1. The highest BCUT2D eigenvalue weighted by Gasteiger charge is 2.29. The van der Waals surface area contributed by atoms with E-state index in [0.29, 0.717) is 23.5 Å². The summed E-state index contributed by atoms with van der Waals surface area (Å²) in [4.78, 5) is 11.8. The minimum atomic E-state index is -0.275. The number of carbonyl (C=O) groups excluding carboxylic acids is 1. The molecular weight excluding hydrogens is 205 g/mol. The van der Waals surface area contributed by atoms with E-state index >= 15 is 0 Å². The molecule has 2 rings (SSSR count). The largest absolute Gasteiger partial charge is 0.327 e. The summed E-state index contributed by atoms with van der Waals surface area (Å²) < 4.78 is 13.0. The lowest BCUT2D eigenvalue weighted by molar-refractivity contribution is 0.0971. The first kappa shape index (κ1) is 11.3. The fraction of sp³-hybridized carbons (Fsp3) is 0.462. The van der Waals surface area contributed by atoms with Crippen LogP contribution in [0.15, 0.2) is 18.2 Å². The van der Waals surface area contributed by atoms with Crippen LogP contribution >= 0.6 is 0 Å². The van der Waals surface area contributed by atoms with Gasteiger partial charge in [-0.3, -0.25) is 4.79 Å². The Morgan fingerprint density at radius 2 is 2.25 bits per heavy atom.